The fourth-order valence-electron chi connectivity index (χ4n) is 2.42. The number of carbonyl (C=O) groups is 1. The molecule has 0 aliphatic heterocycles. The van der Waals surface area contributed by atoms with Crippen LogP contribution in [0.25, 0.3) is 6.08 Å². The van der Waals surface area contributed by atoms with Crippen LogP contribution in [0, 0.1) is 0 Å². The maximum atomic E-state index is 12.4. The predicted octanol–water partition coefficient (Wildman–Crippen LogP) is 1.80. The van der Waals surface area contributed by atoms with Gasteiger partial charge >= 0.3 is 5.69 Å². The molecule has 1 aromatic carbocycles. The van der Waals surface area contributed by atoms with Crippen molar-refractivity contribution in [3.05, 3.63) is 73.5 Å². The topological polar surface area (TPSA) is 64.3 Å². The minimum atomic E-state index is -0.440. The molecule has 1 aromatic heterocycles. The van der Waals surface area contributed by atoms with E-state index in [0.29, 0.717) is 18.1 Å². The van der Waals surface area contributed by atoms with Gasteiger partial charge in [-0.05, 0) is 30.7 Å². The van der Waals surface area contributed by atoms with Crippen LogP contribution in [0.1, 0.15) is 18.1 Å². The number of rotatable bonds is 5. The van der Waals surface area contributed by atoms with Gasteiger partial charge in [-0.2, -0.15) is 0 Å². The van der Waals surface area contributed by atoms with Crippen LogP contribution in [-0.2, 0) is 25.4 Å². The molecule has 132 valence electrons. The fourth-order valence-corrected chi connectivity index (χ4v) is 2.63. The highest BCUT2D eigenvalue weighted by Gasteiger charge is 2.10. The van der Waals surface area contributed by atoms with Crippen LogP contribution in [0.5, 0.6) is 0 Å². The van der Waals surface area contributed by atoms with Crippen molar-refractivity contribution in [1.82, 2.24) is 14.0 Å². The summed E-state index contributed by atoms with van der Waals surface area (Å²) in [7, 11) is 2.96. The van der Waals surface area contributed by atoms with Crippen molar-refractivity contribution in [2.75, 3.05) is 6.54 Å². The molecule has 0 radical (unpaired) electrons. The smallest absolute Gasteiger partial charge is 0.330 e. The maximum Gasteiger partial charge on any atom is 0.330 e. The van der Waals surface area contributed by atoms with Gasteiger partial charge in [0.2, 0.25) is 5.91 Å². The number of aryl methyl sites for hydroxylation is 1. The summed E-state index contributed by atoms with van der Waals surface area (Å²) in [6.45, 7) is 2.81. The zero-order valence-electron chi connectivity index (χ0n) is 14.4. The Kier molecular flexibility index (Phi) is 5.98. The van der Waals surface area contributed by atoms with E-state index in [-0.39, 0.29) is 11.5 Å². The lowest BCUT2D eigenvalue weighted by Crippen LogP contribution is -2.37. The van der Waals surface area contributed by atoms with Gasteiger partial charge in [-0.3, -0.25) is 14.2 Å². The van der Waals surface area contributed by atoms with E-state index in [4.69, 9.17) is 11.6 Å². The van der Waals surface area contributed by atoms with Crippen LogP contribution in [-0.4, -0.2) is 26.5 Å². The number of hydrogen-bond acceptors (Lipinski definition) is 3. The molecule has 0 unspecified atom stereocenters. The van der Waals surface area contributed by atoms with Crippen LogP contribution in [0.4, 0.5) is 0 Å². The number of benzene rings is 1. The molecule has 1 amide bonds. The lowest BCUT2D eigenvalue weighted by Gasteiger charge is -2.19. The summed E-state index contributed by atoms with van der Waals surface area (Å²) >= 11 is 5.97. The third kappa shape index (κ3) is 4.48. The molecule has 1 heterocycles. The minimum absolute atomic E-state index is 0.224. The molecule has 0 N–H and O–H groups in total. The summed E-state index contributed by atoms with van der Waals surface area (Å²) in [6.07, 6.45) is 4.20. The summed E-state index contributed by atoms with van der Waals surface area (Å²) in [5.74, 6) is -0.224. The molecular formula is C18H20ClN3O3. The molecule has 2 aromatic rings. The van der Waals surface area contributed by atoms with E-state index in [1.54, 1.807) is 18.0 Å². The lowest BCUT2D eigenvalue weighted by molar-refractivity contribution is -0.126. The monoisotopic (exact) mass is 361 g/mol. The van der Waals surface area contributed by atoms with Crippen LogP contribution < -0.4 is 11.2 Å². The van der Waals surface area contributed by atoms with E-state index in [1.807, 2.05) is 25.1 Å². The first kappa shape index (κ1) is 18.7. The third-order valence-corrected chi connectivity index (χ3v) is 4.07. The molecule has 0 saturated carbocycles. The number of likely N-dealkylation sites (N-methyl/N-ethyl adjacent to an activating group) is 1. The normalized spacial score (nSPS) is 11.0. The number of nitrogens with zero attached hydrogens (tertiary/aromatic N) is 3. The highest BCUT2D eigenvalue weighted by molar-refractivity contribution is 6.30. The molecular weight excluding hydrogens is 342 g/mol. The third-order valence-electron chi connectivity index (χ3n) is 3.83. The van der Waals surface area contributed by atoms with E-state index in [9.17, 15) is 14.4 Å². The van der Waals surface area contributed by atoms with Crippen molar-refractivity contribution in [3.8, 4) is 0 Å². The Balaban J connectivity index is 2.21. The Labute approximate surface area is 150 Å². The molecule has 0 aliphatic carbocycles. The Morgan fingerprint density at radius 3 is 2.64 bits per heavy atom. The SMILES string of the molecule is CCN(Cc1cccc(Cl)c1)C(=O)/C=C/c1cn(C)c(=O)n(C)c1=O. The second-order valence-corrected chi connectivity index (χ2v) is 6.09. The van der Waals surface area contributed by atoms with Gasteiger partial charge < -0.3 is 9.47 Å². The largest absolute Gasteiger partial charge is 0.335 e. The summed E-state index contributed by atoms with van der Waals surface area (Å²) in [4.78, 5) is 37.8. The second-order valence-electron chi connectivity index (χ2n) is 5.66. The van der Waals surface area contributed by atoms with E-state index < -0.39 is 11.2 Å². The van der Waals surface area contributed by atoms with Crippen LogP contribution in [0.3, 0.4) is 0 Å². The molecule has 7 heteroatoms. The van der Waals surface area contributed by atoms with Crippen LogP contribution in [0.15, 0.2) is 46.1 Å². The van der Waals surface area contributed by atoms with Gasteiger partial charge in [-0.15, -0.1) is 0 Å². The molecule has 0 fully saturated rings. The lowest BCUT2D eigenvalue weighted by atomic mass is 10.2. The maximum absolute atomic E-state index is 12.4. The molecule has 6 nitrogen and oxygen atoms in total. The summed E-state index contributed by atoms with van der Waals surface area (Å²) in [5.41, 5.74) is 0.348. The second kappa shape index (κ2) is 7.98. The van der Waals surface area contributed by atoms with Crippen molar-refractivity contribution >= 4 is 23.6 Å². The Hall–Kier alpha value is -2.60. The summed E-state index contributed by atoms with van der Waals surface area (Å²) < 4.78 is 2.31. The van der Waals surface area contributed by atoms with Gasteiger partial charge in [0.15, 0.2) is 0 Å². The van der Waals surface area contributed by atoms with E-state index in [0.717, 1.165) is 10.1 Å². The Morgan fingerprint density at radius 2 is 2.00 bits per heavy atom. The van der Waals surface area contributed by atoms with E-state index in [1.165, 1.54) is 30.0 Å². The molecule has 0 aliphatic rings. The molecule has 25 heavy (non-hydrogen) atoms. The summed E-state index contributed by atoms with van der Waals surface area (Å²) in [5, 5.41) is 0.616. The highest BCUT2D eigenvalue weighted by atomic mass is 35.5. The van der Waals surface area contributed by atoms with Gasteiger partial charge in [-0.25, -0.2) is 4.79 Å². The number of carbonyl (C=O) groups excluding carboxylic acids is 1. The van der Waals surface area contributed by atoms with E-state index in [2.05, 4.69) is 0 Å². The van der Waals surface area contributed by atoms with Crippen LogP contribution >= 0.6 is 11.6 Å². The Morgan fingerprint density at radius 1 is 1.28 bits per heavy atom. The summed E-state index contributed by atoms with van der Waals surface area (Å²) in [6, 6.07) is 7.32. The van der Waals surface area contributed by atoms with Crippen molar-refractivity contribution < 1.29 is 4.79 Å². The first-order chi connectivity index (χ1) is 11.8. The zero-order valence-corrected chi connectivity index (χ0v) is 15.2. The van der Waals surface area contributed by atoms with E-state index >= 15 is 0 Å². The standard InChI is InChI=1S/C18H20ClN3O3/c1-4-22(11-13-6-5-7-15(19)10-13)16(23)9-8-14-12-20(2)18(25)21(3)17(14)24/h5-10,12H,4,11H2,1-3H3/b9-8+. The van der Waals surface area contributed by atoms with Gasteiger partial charge in [0.1, 0.15) is 0 Å². The highest BCUT2D eigenvalue weighted by Crippen LogP contribution is 2.13. The average Bonchev–Trinajstić information content (AvgIpc) is 2.59. The minimum Gasteiger partial charge on any atom is -0.335 e. The number of amides is 1. The van der Waals surface area contributed by atoms with Crippen LogP contribution in [0.2, 0.25) is 5.02 Å². The van der Waals surface area contributed by atoms with Gasteiger partial charge in [0.05, 0.1) is 5.56 Å². The van der Waals surface area contributed by atoms with Gasteiger partial charge in [0.25, 0.3) is 5.56 Å². The van der Waals surface area contributed by atoms with Gasteiger partial charge in [0, 0.05) is 44.5 Å². The quantitative estimate of drug-likeness (QED) is 0.763. The van der Waals surface area contributed by atoms with Crippen molar-refractivity contribution in [3.63, 3.8) is 0 Å². The fraction of sp³-hybridized carbons (Fsp3) is 0.278. The van der Waals surface area contributed by atoms with Crippen molar-refractivity contribution in [1.29, 1.82) is 0 Å². The molecule has 0 saturated heterocycles. The number of halogens is 1. The molecule has 0 spiro atoms. The molecule has 0 bridgehead atoms. The number of hydrogen-bond donors (Lipinski definition) is 0. The predicted molar refractivity (Wildman–Crippen MR) is 98.5 cm³/mol. The zero-order chi connectivity index (χ0) is 18.6. The van der Waals surface area contributed by atoms with Crippen molar-refractivity contribution in [2.45, 2.75) is 13.5 Å². The Bertz CT molecular complexity index is 928. The molecule has 0 atom stereocenters. The average molecular weight is 362 g/mol. The number of aromatic nitrogens is 2. The first-order valence-corrected chi connectivity index (χ1v) is 8.19. The first-order valence-electron chi connectivity index (χ1n) is 7.81. The molecule has 2 rings (SSSR count). The van der Waals surface area contributed by atoms with Gasteiger partial charge in [-0.1, -0.05) is 23.7 Å². The van der Waals surface area contributed by atoms with Crippen molar-refractivity contribution in [2.24, 2.45) is 14.1 Å².